The summed E-state index contributed by atoms with van der Waals surface area (Å²) in [6.45, 7) is 7.42. The van der Waals surface area contributed by atoms with E-state index in [9.17, 15) is 5.11 Å². The molecule has 1 N–H and O–H groups in total. The molecular formula is C15H23NO2. The van der Waals surface area contributed by atoms with E-state index in [0.717, 1.165) is 17.7 Å². The molecule has 0 bridgehead atoms. The number of allylic oxidation sites excluding steroid dienone is 1. The third kappa shape index (κ3) is 5.34. The summed E-state index contributed by atoms with van der Waals surface area (Å²) in [6.07, 6.45) is 0.413. The Kier molecular flexibility index (Phi) is 6.47. The Balaban J connectivity index is 2.21. The van der Waals surface area contributed by atoms with Crippen molar-refractivity contribution in [1.29, 1.82) is 0 Å². The molecule has 100 valence electrons. The molecule has 1 rings (SSSR count). The minimum Gasteiger partial charge on any atom is -0.389 e. The number of nitrogens with zero attached hydrogens (tertiary/aromatic N) is 1. The molecule has 1 atom stereocenters. The van der Waals surface area contributed by atoms with Crippen molar-refractivity contribution in [1.82, 2.24) is 4.90 Å². The van der Waals surface area contributed by atoms with Crippen LogP contribution in [0.25, 0.3) is 0 Å². The summed E-state index contributed by atoms with van der Waals surface area (Å²) in [7, 11) is 1.94. The van der Waals surface area contributed by atoms with Crippen molar-refractivity contribution in [3.05, 3.63) is 48.2 Å². The molecule has 0 heterocycles. The van der Waals surface area contributed by atoms with Crippen LogP contribution in [0.3, 0.4) is 0 Å². The first kappa shape index (κ1) is 14.7. The third-order valence-electron chi connectivity index (χ3n) is 2.85. The van der Waals surface area contributed by atoms with E-state index < -0.39 is 6.10 Å². The molecule has 3 nitrogen and oxygen atoms in total. The van der Waals surface area contributed by atoms with Crippen molar-refractivity contribution in [2.24, 2.45) is 0 Å². The molecule has 0 saturated heterocycles. The fourth-order valence-corrected chi connectivity index (χ4v) is 1.65. The topological polar surface area (TPSA) is 32.7 Å². The molecule has 0 fully saturated rings. The van der Waals surface area contributed by atoms with Gasteiger partial charge in [0.05, 0.1) is 19.3 Å². The van der Waals surface area contributed by atoms with Crippen molar-refractivity contribution >= 4 is 0 Å². The van der Waals surface area contributed by atoms with Gasteiger partial charge in [-0.05, 0) is 12.0 Å². The minimum absolute atomic E-state index is 0.343. The maximum atomic E-state index is 9.83. The van der Waals surface area contributed by atoms with Crippen molar-refractivity contribution in [3.8, 4) is 0 Å². The van der Waals surface area contributed by atoms with Crippen LogP contribution in [0.1, 0.15) is 18.9 Å². The van der Waals surface area contributed by atoms with Gasteiger partial charge in [0.15, 0.2) is 0 Å². The summed E-state index contributed by atoms with van der Waals surface area (Å²) in [5.41, 5.74) is 2.15. The monoisotopic (exact) mass is 249 g/mol. The Morgan fingerprint density at radius 2 is 2.06 bits per heavy atom. The van der Waals surface area contributed by atoms with E-state index in [2.05, 4.69) is 13.5 Å². The quantitative estimate of drug-likeness (QED) is 0.768. The summed E-state index contributed by atoms with van der Waals surface area (Å²) in [4.78, 5) is 1.97. The number of benzene rings is 1. The maximum absolute atomic E-state index is 9.83. The SMILES string of the molecule is C=C(CC)N(C)C[C@@H](O)COCc1ccccc1. The first-order chi connectivity index (χ1) is 8.63. The largest absolute Gasteiger partial charge is 0.389 e. The Morgan fingerprint density at radius 3 is 2.67 bits per heavy atom. The highest BCUT2D eigenvalue weighted by atomic mass is 16.5. The molecule has 0 unspecified atom stereocenters. The van der Waals surface area contributed by atoms with Crippen molar-refractivity contribution < 1.29 is 9.84 Å². The number of likely N-dealkylation sites (N-methyl/N-ethyl adjacent to an activating group) is 1. The van der Waals surface area contributed by atoms with E-state index in [0.29, 0.717) is 19.8 Å². The van der Waals surface area contributed by atoms with E-state index in [4.69, 9.17) is 4.74 Å². The zero-order valence-corrected chi connectivity index (χ0v) is 11.3. The molecular weight excluding hydrogens is 226 g/mol. The zero-order chi connectivity index (χ0) is 13.4. The molecule has 18 heavy (non-hydrogen) atoms. The molecule has 0 saturated carbocycles. The van der Waals surface area contributed by atoms with Crippen LogP contribution in [-0.4, -0.2) is 36.3 Å². The number of aliphatic hydroxyl groups is 1. The van der Waals surface area contributed by atoms with Crippen LogP contribution in [-0.2, 0) is 11.3 Å². The minimum atomic E-state index is -0.484. The van der Waals surface area contributed by atoms with Crippen LogP contribution < -0.4 is 0 Å². The highest BCUT2D eigenvalue weighted by Gasteiger charge is 2.09. The van der Waals surface area contributed by atoms with Gasteiger partial charge in [0.1, 0.15) is 0 Å². The molecule has 0 aliphatic rings. The highest BCUT2D eigenvalue weighted by molar-refractivity contribution is 5.13. The normalized spacial score (nSPS) is 12.2. The van der Waals surface area contributed by atoms with Crippen LogP contribution >= 0.6 is 0 Å². The Bertz CT molecular complexity index is 351. The van der Waals surface area contributed by atoms with Crippen molar-refractivity contribution in [2.45, 2.75) is 26.1 Å². The van der Waals surface area contributed by atoms with Gasteiger partial charge in [-0.25, -0.2) is 0 Å². The average Bonchev–Trinajstić information content (AvgIpc) is 2.38. The van der Waals surface area contributed by atoms with Gasteiger partial charge in [0.25, 0.3) is 0 Å². The lowest BCUT2D eigenvalue weighted by Crippen LogP contribution is -2.31. The van der Waals surface area contributed by atoms with Gasteiger partial charge in [0, 0.05) is 19.3 Å². The molecule has 0 radical (unpaired) electrons. The summed E-state index contributed by atoms with van der Waals surface area (Å²) in [5, 5.41) is 9.83. The Labute approximate surface area is 110 Å². The van der Waals surface area contributed by atoms with Gasteiger partial charge in [0.2, 0.25) is 0 Å². The van der Waals surface area contributed by atoms with E-state index in [1.165, 1.54) is 0 Å². The Morgan fingerprint density at radius 1 is 1.39 bits per heavy atom. The van der Waals surface area contributed by atoms with Gasteiger partial charge in [-0.15, -0.1) is 0 Å². The molecule has 0 amide bonds. The number of aliphatic hydroxyl groups excluding tert-OH is 1. The lowest BCUT2D eigenvalue weighted by atomic mass is 10.2. The van der Waals surface area contributed by atoms with Gasteiger partial charge in [-0.1, -0.05) is 43.8 Å². The number of hydrogen-bond acceptors (Lipinski definition) is 3. The second-order valence-electron chi connectivity index (χ2n) is 4.45. The van der Waals surface area contributed by atoms with Crippen LogP contribution in [0.2, 0.25) is 0 Å². The van der Waals surface area contributed by atoms with Crippen LogP contribution in [0.15, 0.2) is 42.6 Å². The predicted octanol–water partition coefficient (Wildman–Crippen LogP) is 2.42. The zero-order valence-electron chi connectivity index (χ0n) is 11.3. The predicted molar refractivity (Wildman–Crippen MR) is 74.2 cm³/mol. The van der Waals surface area contributed by atoms with E-state index in [1.807, 2.05) is 42.3 Å². The Hall–Kier alpha value is -1.32. The van der Waals surface area contributed by atoms with Gasteiger partial charge < -0.3 is 14.7 Å². The lowest BCUT2D eigenvalue weighted by Gasteiger charge is -2.23. The molecule has 1 aromatic rings. The number of hydrogen-bond donors (Lipinski definition) is 1. The van der Waals surface area contributed by atoms with E-state index in [1.54, 1.807) is 0 Å². The smallest absolute Gasteiger partial charge is 0.0947 e. The fraction of sp³-hybridized carbons (Fsp3) is 0.467. The first-order valence-corrected chi connectivity index (χ1v) is 6.32. The molecule has 0 spiro atoms. The van der Waals surface area contributed by atoms with Crippen molar-refractivity contribution in [2.75, 3.05) is 20.2 Å². The second-order valence-corrected chi connectivity index (χ2v) is 4.45. The molecule has 1 aromatic carbocycles. The molecule has 3 heteroatoms. The van der Waals surface area contributed by atoms with E-state index >= 15 is 0 Å². The summed E-state index contributed by atoms with van der Waals surface area (Å²) in [5.74, 6) is 0. The van der Waals surface area contributed by atoms with Crippen LogP contribution in [0.4, 0.5) is 0 Å². The number of ether oxygens (including phenoxy) is 1. The maximum Gasteiger partial charge on any atom is 0.0947 e. The fourth-order valence-electron chi connectivity index (χ4n) is 1.65. The summed E-state index contributed by atoms with van der Waals surface area (Å²) >= 11 is 0. The van der Waals surface area contributed by atoms with E-state index in [-0.39, 0.29) is 0 Å². The first-order valence-electron chi connectivity index (χ1n) is 6.32. The highest BCUT2D eigenvalue weighted by Crippen LogP contribution is 2.05. The molecule has 0 aliphatic heterocycles. The standard InChI is InChI=1S/C15H23NO2/c1-4-13(2)16(3)10-15(17)12-18-11-14-8-6-5-7-9-14/h5-9,15,17H,2,4,10-12H2,1,3H3/t15-/m1/s1. The van der Waals surface area contributed by atoms with Gasteiger partial charge >= 0.3 is 0 Å². The second kappa shape index (κ2) is 7.90. The molecule has 0 aromatic heterocycles. The van der Waals surface area contributed by atoms with Gasteiger partial charge in [-0.2, -0.15) is 0 Å². The third-order valence-corrected chi connectivity index (χ3v) is 2.85. The average molecular weight is 249 g/mol. The van der Waals surface area contributed by atoms with Crippen LogP contribution in [0.5, 0.6) is 0 Å². The summed E-state index contributed by atoms with van der Waals surface area (Å²) < 4.78 is 5.49. The van der Waals surface area contributed by atoms with Crippen molar-refractivity contribution in [3.63, 3.8) is 0 Å². The lowest BCUT2D eigenvalue weighted by molar-refractivity contribution is 0.0175. The summed E-state index contributed by atoms with van der Waals surface area (Å²) in [6, 6.07) is 9.96. The van der Waals surface area contributed by atoms with Gasteiger partial charge in [-0.3, -0.25) is 0 Å². The van der Waals surface area contributed by atoms with Crippen LogP contribution in [0, 0.1) is 0 Å². The molecule has 0 aliphatic carbocycles. The number of rotatable bonds is 8.